The standard InChI is InChI=1S/C17H21NO/c1-4-18-12-13(2)11-14-9-10-17(19-3)16-8-6-5-7-15(14)16/h5-11,18H,4,12H2,1-3H3. The van der Waals surface area contributed by atoms with Crippen molar-refractivity contribution in [2.75, 3.05) is 20.2 Å². The molecule has 19 heavy (non-hydrogen) atoms. The maximum Gasteiger partial charge on any atom is 0.126 e. The van der Waals surface area contributed by atoms with Crippen LogP contribution < -0.4 is 10.1 Å². The van der Waals surface area contributed by atoms with Crippen LogP contribution in [0.25, 0.3) is 16.8 Å². The highest BCUT2D eigenvalue weighted by atomic mass is 16.5. The first-order chi connectivity index (χ1) is 9.26. The van der Waals surface area contributed by atoms with Gasteiger partial charge in [-0.05, 0) is 30.5 Å². The molecule has 2 heteroatoms. The molecule has 2 aromatic rings. The number of hydrogen-bond acceptors (Lipinski definition) is 2. The van der Waals surface area contributed by atoms with Crippen LogP contribution in [0.15, 0.2) is 42.0 Å². The Balaban J connectivity index is 2.44. The van der Waals surface area contributed by atoms with E-state index in [1.165, 1.54) is 16.5 Å². The first-order valence-electron chi connectivity index (χ1n) is 6.70. The van der Waals surface area contributed by atoms with Gasteiger partial charge in [-0.25, -0.2) is 0 Å². The van der Waals surface area contributed by atoms with Gasteiger partial charge in [0.1, 0.15) is 5.75 Å². The minimum atomic E-state index is 0.927. The fourth-order valence-corrected chi connectivity index (χ4v) is 2.24. The molecular weight excluding hydrogens is 234 g/mol. The zero-order valence-electron chi connectivity index (χ0n) is 11.9. The molecule has 0 spiro atoms. The molecule has 0 heterocycles. The summed E-state index contributed by atoms with van der Waals surface area (Å²) in [5.41, 5.74) is 2.57. The Morgan fingerprint density at radius 3 is 2.58 bits per heavy atom. The van der Waals surface area contributed by atoms with Crippen LogP contribution in [0.1, 0.15) is 19.4 Å². The van der Waals surface area contributed by atoms with Gasteiger partial charge in [0.2, 0.25) is 0 Å². The van der Waals surface area contributed by atoms with Gasteiger partial charge in [-0.2, -0.15) is 0 Å². The summed E-state index contributed by atoms with van der Waals surface area (Å²) in [6.07, 6.45) is 2.24. The van der Waals surface area contributed by atoms with E-state index < -0.39 is 0 Å². The number of hydrogen-bond donors (Lipinski definition) is 1. The largest absolute Gasteiger partial charge is 0.496 e. The Labute approximate surface area is 115 Å². The molecule has 0 aliphatic heterocycles. The lowest BCUT2D eigenvalue weighted by Crippen LogP contribution is -2.14. The summed E-state index contributed by atoms with van der Waals surface area (Å²) in [5, 5.41) is 5.74. The summed E-state index contributed by atoms with van der Waals surface area (Å²) in [6, 6.07) is 12.5. The molecule has 0 aliphatic rings. The van der Waals surface area contributed by atoms with E-state index >= 15 is 0 Å². The lowest BCUT2D eigenvalue weighted by atomic mass is 10.0. The molecule has 0 unspecified atom stereocenters. The Hall–Kier alpha value is -1.80. The van der Waals surface area contributed by atoms with Crippen molar-refractivity contribution in [1.29, 1.82) is 0 Å². The summed E-state index contributed by atoms with van der Waals surface area (Å²) in [4.78, 5) is 0. The molecule has 0 saturated heterocycles. The van der Waals surface area contributed by atoms with Gasteiger partial charge in [-0.15, -0.1) is 0 Å². The van der Waals surface area contributed by atoms with Crippen molar-refractivity contribution in [1.82, 2.24) is 5.32 Å². The number of rotatable bonds is 5. The van der Waals surface area contributed by atoms with Gasteiger partial charge in [0.15, 0.2) is 0 Å². The second-order valence-electron chi connectivity index (χ2n) is 4.67. The van der Waals surface area contributed by atoms with Crippen LogP contribution >= 0.6 is 0 Å². The van der Waals surface area contributed by atoms with E-state index in [-0.39, 0.29) is 0 Å². The molecule has 0 aromatic heterocycles. The van der Waals surface area contributed by atoms with E-state index in [0.29, 0.717) is 0 Å². The van der Waals surface area contributed by atoms with Crippen LogP contribution in [0.5, 0.6) is 5.75 Å². The van der Waals surface area contributed by atoms with E-state index in [2.05, 4.69) is 49.5 Å². The molecular formula is C17H21NO. The highest BCUT2D eigenvalue weighted by Gasteiger charge is 2.04. The Bertz CT molecular complexity index is 587. The second-order valence-corrected chi connectivity index (χ2v) is 4.67. The van der Waals surface area contributed by atoms with Crippen LogP contribution in [0.4, 0.5) is 0 Å². The van der Waals surface area contributed by atoms with Gasteiger partial charge in [0.25, 0.3) is 0 Å². The van der Waals surface area contributed by atoms with Gasteiger partial charge >= 0.3 is 0 Å². The Morgan fingerprint density at radius 2 is 1.89 bits per heavy atom. The maximum atomic E-state index is 5.42. The molecule has 0 atom stereocenters. The van der Waals surface area contributed by atoms with E-state index in [4.69, 9.17) is 4.74 Å². The van der Waals surface area contributed by atoms with Crippen LogP contribution in [-0.2, 0) is 0 Å². The van der Waals surface area contributed by atoms with Crippen LogP contribution in [0.2, 0.25) is 0 Å². The molecule has 0 fully saturated rings. The zero-order chi connectivity index (χ0) is 13.7. The second kappa shape index (κ2) is 6.39. The first-order valence-corrected chi connectivity index (χ1v) is 6.70. The van der Waals surface area contributed by atoms with Gasteiger partial charge in [0, 0.05) is 11.9 Å². The number of methoxy groups -OCH3 is 1. The average Bonchev–Trinajstić information content (AvgIpc) is 2.45. The van der Waals surface area contributed by atoms with Crippen molar-refractivity contribution in [2.24, 2.45) is 0 Å². The topological polar surface area (TPSA) is 21.3 Å². The number of likely N-dealkylation sites (N-methyl/N-ethyl adjacent to an activating group) is 1. The maximum absolute atomic E-state index is 5.42. The van der Waals surface area contributed by atoms with Gasteiger partial charge in [-0.1, -0.05) is 48.9 Å². The van der Waals surface area contributed by atoms with Gasteiger partial charge in [0.05, 0.1) is 7.11 Å². The molecule has 100 valence electrons. The van der Waals surface area contributed by atoms with E-state index in [1.54, 1.807) is 7.11 Å². The SMILES string of the molecule is CCNCC(C)=Cc1ccc(OC)c2ccccc12. The van der Waals surface area contributed by atoms with Crippen LogP contribution in [0.3, 0.4) is 0 Å². The van der Waals surface area contributed by atoms with Crippen molar-refractivity contribution in [3.63, 3.8) is 0 Å². The third-order valence-electron chi connectivity index (χ3n) is 3.19. The average molecular weight is 255 g/mol. The number of fused-ring (bicyclic) bond motifs is 1. The zero-order valence-corrected chi connectivity index (χ0v) is 11.9. The third kappa shape index (κ3) is 3.15. The van der Waals surface area contributed by atoms with Crippen molar-refractivity contribution >= 4 is 16.8 Å². The molecule has 2 nitrogen and oxygen atoms in total. The molecule has 2 rings (SSSR count). The van der Waals surface area contributed by atoms with E-state index in [1.807, 2.05) is 12.1 Å². The highest BCUT2D eigenvalue weighted by molar-refractivity contribution is 5.95. The van der Waals surface area contributed by atoms with Crippen LogP contribution in [-0.4, -0.2) is 20.2 Å². The smallest absolute Gasteiger partial charge is 0.126 e. The van der Waals surface area contributed by atoms with Crippen LogP contribution in [0, 0.1) is 0 Å². The fraction of sp³-hybridized carbons (Fsp3) is 0.294. The van der Waals surface area contributed by atoms with E-state index in [0.717, 1.165) is 24.2 Å². The van der Waals surface area contributed by atoms with Crippen molar-refractivity contribution in [2.45, 2.75) is 13.8 Å². The van der Waals surface area contributed by atoms with Gasteiger partial charge < -0.3 is 10.1 Å². The molecule has 2 aromatic carbocycles. The lowest BCUT2D eigenvalue weighted by Gasteiger charge is -2.09. The monoisotopic (exact) mass is 255 g/mol. The normalized spacial score (nSPS) is 11.8. The predicted octanol–water partition coefficient (Wildman–Crippen LogP) is 3.86. The molecule has 0 amide bonds. The van der Waals surface area contributed by atoms with Crippen molar-refractivity contribution in [3.8, 4) is 5.75 Å². The summed E-state index contributed by atoms with van der Waals surface area (Å²) in [5.74, 6) is 0.928. The molecule has 0 aliphatic carbocycles. The molecule has 0 bridgehead atoms. The Kier molecular flexibility index (Phi) is 4.58. The summed E-state index contributed by atoms with van der Waals surface area (Å²) >= 11 is 0. The lowest BCUT2D eigenvalue weighted by molar-refractivity contribution is 0.420. The molecule has 0 radical (unpaired) electrons. The fourth-order valence-electron chi connectivity index (χ4n) is 2.24. The number of ether oxygens (including phenoxy) is 1. The summed E-state index contributed by atoms with van der Waals surface area (Å²) in [6.45, 7) is 6.20. The van der Waals surface area contributed by atoms with Crippen molar-refractivity contribution in [3.05, 3.63) is 47.5 Å². The molecule has 0 saturated carbocycles. The van der Waals surface area contributed by atoms with Crippen molar-refractivity contribution < 1.29 is 4.74 Å². The summed E-state index contributed by atoms with van der Waals surface area (Å²) in [7, 11) is 1.72. The minimum Gasteiger partial charge on any atom is -0.496 e. The number of nitrogens with one attached hydrogen (secondary N) is 1. The third-order valence-corrected chi connectivity index (χ3v) is 3.19. The predicted molar refractivity (Wildman–Crippen MR) is 82.7 cm³/mol. The Morgan fingerprint density at radius 1 is 1.16 bits per heavy atom. The first kappa shape index (κ1) is 13.6. The quantitative estimate of drug-likeness (QED) is 0.876. The van der Waals surface area contributed by atoms with Gasteiger partial charge in [-0.3, -0.25) is 0 Å². The number of benzene rings is 2. The highest BCUT2D eigenvalue weighted by Crippen LogP contribution is 2.29. The minimum absolute atomic E-state index is 0.927. The summed E-state index contributed by atoms with van der Waals surface area (Å²) < 4.78 is 5.42. The van der Waals surface area contributed by atoms with E-state index in [9.17, 15) is 0 Å². The molecule has 1 N–H and O–H groups in total.